The van der Waals surface area contributed by atoms with Crippen molar-refractivity contribution in [2.75, 3.05) is 20.3 Å². The fourth-order valence-corrected chi connectivity index (χ4v) is 3.31. The normalized spacial score (nSPS) is 11.0. The van der Waals surface area contributed by atoms with Crippen LogP contribution in [0.4, 0.5) is 0 Å². The lowest BCUT2D eigenvalue weighted by atomic mass is 10.0. The molecule has 156 valence electrons. The number of unbranched alkanes of at least 4 members (excludes halogenated alkanes) is 16. The van der Waals surface area contributed by atoms with Crippen LogP contribution < -0.4 is 0 Å². The van der Waals surface area contributed by atoms with E-state index in [1.807, 2.05) is 0 Å². The maximum absolute atomic E-state index is 11.4. The van der Waals surface area contributed by atoms with Gasteiger partial charge >= 0.3 is 5.97 Å². The molecule has 0 unspecified atom stereocenters. The third kappa shape index (κ3) is 21.5. The van der Waals surface area contributed by atoms with Crippen molar-refractivity contribution in [1.29, 1.82) is 0 Å². The summed E-state index contributed by atoms with van der Waals surface area (Å²) in [5.41, 5.74) is 0. The highest BCUT2D eigenvalue weighted by Crippen LogP contribution is 2.14. The molecule has 0 aromatic rings. The largest absolute Gasteiger partial charge is 0.463 e. The molecule has 0 aliphatic heterocycles. The highest BCUT2D eigenvalue weighted by Gasteiger charge is 2.02. The molecule has 0 bridgehead atoms. The molecule has 0 spiro atoms. The van der Waals surface area contributed by atoms with E-state index >= 15 is 0 Å². The molecule has 0 amide bonds. The molecule has 0 rings (SSSR count). The molecule has 0 N–H and O–H groups in total. The fraction of sp³-hybridized carbons (Fsp3) is 0.957. The van der Waals surface area contributed by atoms with E-state index in [0.717, 1.165) is 12.8 Å². The summed E-state index contributed by atoms with van der Waals surface area (Å²) in [5, 5.41) is 0. The number of hydrogen-bond donors (Lipinski definition) is 0. The predicted molar refractivity (Wildman–Crippen MR) is 112 cm³/mol. The average Bonchev–Trinajstić information content (AvgIpc) is 2.64. The quantitative estimate of drug-likeness (QED) is 0.158. The second-order valence-electron chi connectivity index (χ2n) is 7.62. The first-order valence-corrected chi connectivity index (χ1v) is 11.5. The summed E-state index contributed by atoms with van der Waals surface area (Å²) in [5.74, 6) is -0.0805. The molecule has 26 heavy (non-hydrogen) atoms. The first-order valence-electron chi connectivity index (χ1n) is 11.5. The lowest BCUT2D eigenvalue weighted by molar-refractivity contribution is -0.145. The smallest absolute Gasteiger partial charge is 0.305 e. The summed E-state index contributed by atoms with van der Waals surface area (Å²) in [6.45, 7) is 3.16. The molecule has 0 saturated carbocycles. The van der Waals surface area contributed by atoms with Crippen LogP contribution in [0.15, 0.2) is 0 Å². The summed E-state index contributed by atoms with van der Waals surface area (Å²) < 4.78 is 9.90. The third-order valence-corrected chi connectivity index (χ3v) is 5.03. The van der Waals surface area contributed by atoms with Gasteiger partial charge in [-0.3, -0.25) is 4.79 Å². The maximum Gasteiger partial charge on any atom is 0.305 e. The Labute approximate surface area is 163 Å². The zero-order valence-electron chi connectivity index (χ0n) is 17.9. The van der Waals surface area contributed by atoms with Gasteiger partial charge in [0.1, 0.15) is 6.61 Å². The minimum atomic E-state index is -0.0805. The monoisotopic (exact) mass is 370 g/mol. The van der Waals surface area contributed by atoms with Crippen LogP contribution in [0.2, 0.25) is 0 Å². The highest BCUT2D eigenvalue weighted by atomic mass is 16.6. The SMILES string of the molecule is CCCCCCCCCCCCCCCCCCCC(=O)OCCOC. The molecule has 0 saturated heterocycles. The first kappa shape index (κ1) is 25.4. The van der Waals surface area contributed by atoms with Crippen molar-refractivity contribution in [2.45, 2.75) is 122 Å². The Morgan fingerprint density at radius 2 is 0.962 bits per heavy atom. The van der Waals surface area contributed by atoms with Gasteiger partial charge in [-0.05, 0) is 6.42 Å². The van der Waals surface area contributed by atoms with Gasteiger partial charge in [0, 0.05) is 13.5 Å². The molecule has 3 heteroatoms. The van der Waals surface area contributed by atoms with E-state index in [1.54, 1.807) is 7.11 Å². The second kappa shape index (κ2) is 22.5. The fourth-order valence-electron chi connectivity index (χ4n) is 3.31. The summed E-state index contributed by atoms with van der Waals surface area (Å²) in [7, 11) is 1.62. The Hall–Kier alpha value is -0.570. The van der Waals surface area contributed by atoms with Gasteiger partial charge in [0.15, 0.2) is 0 Å². The summed E-state index contributed by atoms with van der Waals surface area (Å²) in [4.78, 5) is 11.4. The van der Waals surface area contributed by atoms with E-state index in [-0.39, 0.29) is 5.97 Å². The van der Waals surface area contributed by atoms with Gasteiger partial charge in [-0.1, -0.05) is 110 Å². The van der Waals surface area contributed by atoms with Crippen LogP contribution in [0.5, 0.6) is 0 Å². The van der Waals surface area contributed by atoms with Crippen LogP contribution in [0.25, 0.3) is 0 Å². The van der Waals surface area contributed by atoms with Gasteiger partial charge in [-0.25, -0.2) is 0 Å². The number of methoxy groups -OCH3 is 1. The zero-order valence-corrected chi connectivity index (χ0v) is 17.9. The number of ether oxygens (including phenoxy) is 2. The third-order valence-electron chi connectivity index (χ3n) is 5.03. The molecule has 0 atom stereocenters. The van der Waals surface area contributed by atoms with Gasteiger partial charge in [0.05, 0.1) is 6.61 Å². The number of hydrogen-bond acceptors (Lipinski definition) is 3. The van der Waals surface area contributed by atoms with Gasteiger partial charge < -0.3 is 9.47 Å². The van der Waals surface area contributed by atoms with Gasteiger partial charge in [-0.2, -0.15) is 0 Å². The van der Waals surface area contributed by atoms with Crippen LogP contribution in [0, 0.1) is 0 Å². The Bertz CT molecular complexity index is 279. The molecule has 0 aromatic heterocycles. The summed E-state index contributed by atoms with van der Waals surface area (Å²) in [6.07, 6.45) is 23.7. The standard InChI is InChI=1S/C23H46O3/c1-3-4-5-6-7-8-9-10-11-12-13-14-15-16-17-18-19-20-23(24)26-22-21-25-2/h3-22H2,1-2H3. The van der Waals surface area contributed by atoms with Crippen molar-refractivity contribution in [2.24, 2.45) is 0 Å². The van der Waals surface area contributed by atoms with Crippen LogP contribution >= 0.6 is 0 Å². The van der Waals surface area contributed by atoms with Crippen LogP contribution in [0.3, 0.4) is 0 Å². The summed E-state index contributed by atoms with van der Waals surface area (Å²) in [6, 6.07) is 0. The molecular weight excluding hydrogens is 324 g/mol. The molecule has 0 aliphatic rings. The zero-order chi connectivity index (χ0) is 19.1. The van der Waals surface area contributed by atoms with Crippen LogP contribution in [0.1, 0.15) is 122 Å². The number of carbonyl (C=O) groups is 1. The van der Waals surface area contributed by atoms with Crippen molar-refractivity contribution in [3.05, 3.63) is 0 Å². The minimum Gasteiger partial charge on any atom is -0.463 e. The molecule has 3 nitrogen and oxygen atoms in total. The summed E-state index contributed by atoms with van der Waals surface area (Å²) >= 11 is 0. The topological polar surface area (TPSA) is 35.5 Å². The predicted octanol–water partition coefficient (Wildman–Crippen LogP) is 7.22. The Balaban J connectivity index is 3.06. The van der Waals surface area contributed by atoms with Gasteiger partial charge in [0.2, 0.25) is 0 Å². The molecular formula is C23H46O3. The maximum atomic E-state index is 11.4. The molecule has 0 aliphatic carbocycles. The second-order valence-corrected chi connectivity index (χ2v) is 7.62. The van der Waals surface area contributed by atoms with E-state index in [9.17, 15) is 4.79 Å². The molecule has 0 aromatic carbocycles. The molecule has 0 radical (unpaired) electrons. The first-order chi connectivity index (χ1) is 12.8. The minimum absolute atomic E-state index is 0.0805. The van der Waals surface area contributed by atoms with Crippen molar-refractivity contribution >= 4 is 5.97 Å². The van der Waals surface area contributed by atoms with Gasteiger partial charge in [0.25, 0.3) is 0 Å². The van der Waals surface area contributed by atoms with Crippen molar-refractivity contribution in [1.82, 2.24) is 0 Å². The Kier molecular flexibility index (Phi) is 22.0. The van der Waals surface area contributed by atoms with Crippen LogP contribution in [-0.4, -0.2) is 26.3 Å². The van der Waals surface area contributed by atoms with Gasteiger partial charge in [-0.15, -0.1) is 0 Å². The van der Waals surface area contributed by atoms with Crippen molar-refractivity contribution in [3.8, 4) is 0 Å². The molecule has 0 heterocycles. The highest BCUT2D eigenvalue weighted by molar-refractivity contribution is 5.69. The van der Waals surface area contributed by atoms with E-state index < -0.39 is 0 Å². The Morgan fingerprint density at radius 1 is 0.577 bits per heavy atom. The van der Waals surface area contributed by atoms with E-state index in [2.05, 4.69) is 6.92 Å². The lowest BCUT2D eigenvalue weighted by Crippen LogP contribution is -2.09. The van der Waals surface area contributed by atoms with E-state index in [4.69, 9.17) is 9.47 Å². The van der Waals surface area contributed by atoms with E-state index in [1.165, 1.54) is 96.3 Å². The number of rotatable bonds is 21. The lowest BCUT2D eigenvalue weighted by Gasteiger charge is -2.04. The number of esters is 1. The van der Waals surface area contributed by atoms with Crippen LogP contribution in [-0.2, 0) is 14.3 Å². The van der Waals surface area contributed by atoms with E-state index in [0.29, 0.717) is 19.6 Å². The van der Waals surface area contributed by atoms with Crippen molar-refractivity contribution in [3.63, 3.8) is 0 Å². The Morgan fingerprint density at radius 3 is 1.35 bits per heavy atom. The molecule has 0 fully saturated rings. The number of carbonyl (C=O) groups excluding carboxylic acids is 1. The average molecular weight is 371 g/mol. The van der Waals surface area contributed by atoms with Crippen molar-refractivity contribution < 1.29 is 14.3 Å².